The molecule has 0 radical (unpaired) electrons. The van der Waals surface area contributed by atoms with Crippen molar-refractivity contribution in [3.05, 3.63) is 50.4 Å². The number of fused-ring (bicyclic) bond motifs is 1. The van der Waals surface area contributed by atoms with Crippen LogP contribution in [0, 0.1) is 19.7 Å². The molecule has 0 saturated heterocycles. The molecule has 3 aromatic rings. The summed E-state index contributed by atoms with van der Waals surface area (Å²) in [5, 5.41) is 1.32. The van der Waals surface area contributed by atoms with Crippen LogP contribution in [0.5, 0.6) is 5.75 Å². The van der Waals surface area contributed by atoms with Gasteiger partial charge in [0.25, 0.3) is 5.56 Å². The fraction of sp³-hybridized carbons (Fsp3) is 0.294. The summed E-state index contributed by atoms with van der Waals surface area (Å²) in [5.74, 6) is 0.355. The number of hydrogen-bond acceptors (Lipinski definition) is 5. The van der Waals surface area contributed by atoms with E-state index in [4.69, 9.17) is 4.74 Å². The quantitative estimate of drug-likeness (QED) is 0.517. The maximum Gasteiger partial charge on any atom is 0.262 e. The van der Waals surface area contributed by atoms with Crippen LogP contribution in [0.25, 0.3) is 10.2 Å². The van der Waals surface area contributed by atoms with Crippen LogP contribution in [-0.4, -0.2) is 16.7 Å². The van der Waals surface area contributed by atoms with E-state index in [1.807, 2.05) is 19.9 Å². The summed E-state index contributed by atoms with van der Waals surface area (Å²) in [4.78, 5) is 19.1. The lowest BCUT2D eigenvalue weighted by Gasteiger charge is -2.08. The topological polar surface area (TPSA) is 44.1 Å². The van der Waals surface area contributed by atoms with Crippen LogP contribution in [0.15, 0.2) is 28.2 Å². The van der Waals surface area contributed by atoms with E-state index in [0.29, 0.717) is 16.3 Å². The molecule has 0 atom stereocenters. The predicted octanol–water partition coefficient (Wildman–Crippen LogP) is 4.05. The molecule has 7 heteroatoms. The summed E-state index contributed by atoms with van der Waals surface area (Å²) >= 11 is 2.95. The van der Waals surface area contributed by atoms with Crippen LogP contribution in [-0.2, 0) is 12.8 Å². The first-order chi connectivity index (χ1) is 11.4. The molecule has 24 heavy (non-hydrogen) atoms. The van der Waals surface area contributed by atoms with Gasteiger partial charge in [-0.3, -0.25) is 9.36 Å². The van der Waals surface area contributed by atoms with Gasteiger partial charge in [-0.1, -0.05) is 17.8 Å². The van der Waals surface area contributed by atoms with Gasteiger partial charge < -0.3 is 4.74 Å². The van der Waals surface area contributed by atoms with Crippen LogP contribution in [0.2, 0.25) is 0 Å². The van der Waals surface area contributed by atoms with Crippen molar-refractivity contribution in [3.8, 4) is 5.75 Å². The molecule has 0 amide bonds. The molecule has 4 nitrogen and oxygen atoms in total. The molecule has 3 rings (SSSR count). The molecular weight excluding hydrogens is 347 g/mol. The maximum atomic E-state index is 13.8. The lowest BCUT2D eigenvalue weighted by molar-refractivity contribution is 0.386. The fourth-order valence-electron chi connectivity index (χ4n) is 2.43. The number of thiophene rings is 1. The monoisotopic (exact) mass is 364 g/mol. The molecule has 0 fully saturated rings. The van der Waals surface area contributed by atoms with Crippen molar-refractivity contribution in [2.75, 3.05) is 7.11 Å². The van der Waals surface area contributed by atoms with Gasteiger partial charge in [0, 0.05) is 17.7 Å². The maximum absolute atomic E-state index is 13.8. The molecule has 126 valence electrons. The first kappa shape index (κ1) is 17.0. The van der Waals surface area contributed by atoms with E-state index in [1.54, 1.807) is 17.7 Å². The number of thioether (sulfide) groups is 1. The third-order valence-corrected chi connectivity index (χ3v) is 6.16. The Bertz CT molecular complexity index is 979. The lowest BCUT2D eigenvalue weighted by Crippen LogP contribution is -2.19. The number of ether oxygens (including phenoxy) is 1. The summed E-state index contributed by atoms with van der Waals surface area (Å²) < 4.78 is 20.3. The average molecular weight is 364 g/mol. The largest absolute Gasteiger partial charge is 0.494 e. The number of benzene rings is 1. The number of rotatable bonds is 4. The molecule has 0 aliphatic rings. The average Bonchev–Trinajstić information content (AvgIpc) is 2.84. The van der Waals surface area contributed by atoms with E-state index in [-0.39, 0.29) is 11.3 Å². The molecule has 0 N–H and O–H groups in total. The van der Waals surface area contributed by atoms with Gasteiger partial charge in [0.1, 0.15) is 4.83 Å². The third kappa shape index (κ3) is 2.93. The van der Waals surface area contributed by atoms with Crippen LogP contribution < -0.4 is 10.3 Å². The van der Waals surface area contributed by atoms with Gasteiger partial charge in [0.05, 0.1) is 12.5 Å². The van der Waals surface area contributed by atoms with Gasteiger partial charge in [-0.05, 0) is 37.1 Å². The van der Waals surface area contributed by atoms with Crippen molar-refractivity contribution in [3.63, 3.8) is 0 Å². The minimum Gasteiger partial charge on any atom is -0.494 e. The number of hydrogen-bond donors (Lipinski definition) is 0. The van der Waals surface area contributed by atoms with E-state index in [2.05, 4.69) is 4.98 Å². The highest BCUT2D eigenvalue weighted by Gasteiger charge is 2.15. The smallest absolute Gasteiger partial charge is 0.262 e. The second-order valence-corrected chi connectivity index (χ2v) is 7.63. The number of nitrogens with zero attached hydrogens (tertiary/aromatic N) is 2. The van der Waals surface area contributed by atoms with Crippen LogP contribution in [0.1, 0.15) is 16.0 Å². The number of aryl methyl sites for hydroxylation is 2. The molecule has 0 aliphatic carbocycles. The minimum atomic E-state index is -0.391. The summed E-state index contributed by atoms with van der Waals surface area (Å²) in [7, 11) is 3.16. The summed E-state index contributed by atoms with van der Waals surface area (Å²) in [6.45, 7) is 3.94. The molecule has 2 heterocycles. The standard InChI is InChI=1S/C17H17FN2O2S2/c1-9-10(2)24-15-14(9)16(21)20(3)17(19-15)23-8-11-5-6-13(22-4)12(18)7-11/h5-7H,8H2,1-4H3. The zero-order valence-electron chi connectivity index (χ0n) is 13.8. The molecule has 1 aromatic carbocycles. The van der Waals surface area contributed by atoms with Crippen LogP contribution >= 0.6 is 23.1 Å². The van der Waals surface area contributed by atoms with E-state index < -0.39 is 5.82 Å². The third-order valence-electron chi connectivity index (χ3n) is 3.95. The summed E-state index contributed by atoms with van der Waals surface area (Å²) in [5.41, 5.74) is 1.77. The van der Waals surface area contributed by atoms with Crippen molar-refractivity contribution in [2.24, 2.45) is 7.05 Å². The highest BCUT2D eigenvalue weighted by atomic mass is 32.2. The Balaban J connectivity index is 1.92. The zero-order chi connectivity index (χ0) is 17.4. The highest BCUT2D eigenvalue weighted by molar-refractivity contribution is 7.98. The van der Waals surface area contributed by atoms with E-state index in [0.717, 1.165) is 20.8 Å². The molecule has 0 spiro atoms. The van der Waals surface area contributed by atoms with E-state index in [9.17, 15) is 9.18 Å². The highest BCUT2D eigenvalue weighted by Crippen LogP contribution is 2.29. The second kappa shape index (κ2) is 6.57. The SMILES string of the molecule is COc1ccc(CSc2nc3sc(C)c(C)c3c(=O)n2C)cc1F. The van der Waals surface area contributed by atoms with Crippen LogP contribution in [0.3, 0.4) is 0 Å². The van der Waals surface area contributed by atoms with Gasteiger partial charge >= 0.3 is 0 Å². The Kier molecular flexibility index (Phi) is 4.64. The van der Waals surface area contributed by atoms with E-state index >= 15 is 0 Å². The van der Waals surface area contributed by atoms with Gasteiger partial charge in [0.15, 0.2) is 16.7 Å². The van der Waals surface area contributed by atoms with E-state index in [1.165, 1.54) is 36.3 Å². The molecule has 0 aliphatic heterocycles. The zero-order valence-corrected chi connectivity index (χ0v) is 15.5. The number of methoxy groups -OCH3 is 1. The Labute approximate surface area is 147 Å². The number of aromatic nitrogens is 2. The Hall–Kier alpha value is -1.86. The van der Waals surface area contributed by atoms with Crippen molar-refractivity contribution < 1.29 is 9.13 Å². The Morgan fingerprint density at radius 2 is 2.12 bits per heavy atom. The molecular formula is C17H17FN2O2S2. The summed E-state index contributed by atoms with van der Waals surface area (Å²) in [6, 6.07) is 4.86. The molecule has 0 saturated carbocycles. The molecule has 0 bridgehead atoms. The van der Waals surface area contributed by atoms with Gasteiger partial charge in [0.2, 0.25) is 0 Å². The molecule has 2 aromatic heterocycles. The Morgan fingerprint density at radius 3 is 2.79 bits per heavy atom. The van der Waals surface area contributed by atoms with Crippen molar-refractivity contribution in [2.45, 2.75) is 24.8 Å². The first-order valence-corrected chi connectivity index (χ1v) is 9.14. The van der Waals surface area contributed by atoms with Crippen LogP contribution in [0.4, 0.5) is 4.39 Å². The normalized spacial score (nSPS) is 11.2. The molecule has 0 unspecified atom stereocenters. The van der Waals surface area contributed by atoms with Gasteiger partial charge in [-0.2, -0.15) is 0 Å². The fourth-order valence-corrected chi connectivity index (χ4v) is 4.42. The van der Waals surface area contributed by atoms with Gasteiger partial charge in [-0.25, -0.2) is 9.37 Å². The van der Waals surface area contributed by atoms with Crippen molar-refractivity contribution in [1.82, 2.24) is 9.55 Å². The first-order valence-electron chi connectivity index (χ1n) is 7.34. The van der Waals surface area contributed by atoms with Crippen molar-refractivity contribution >= 4 is 33.3 Å². The number of halogens is 1. The predicted molar refractivity (Wildman–Crippen MR) is 96.8 cm³/mol. The second-order valence-electron chi connectivity index (χ2n) is 5.48. The van der Waals surface area contributed by atoms with Crippen molar-refractivity contribution in [1.29, 1.82) is 0 Å². The van der Waals surface area contributed by atoms with Gasteiger partial charge in [-0.15, -0.1) is 11.3 Å². The minimum absolute atomic E-state index is 0.0368. The Morgan fingerprint density at radius 1 is 1.38 bits per heavy atom. The lowest BCUT2D eigenvalue weighted by atomic mass is 10.2. The summed E-state index contributed by atoms with van der Waals surface area (Å²) in [6.07, 6.45) is 0.